The topological polar surface area (TPSA) is 70.8 Å². The van der Waals surface area contributed by atoms with Gasteiger partial charge in [-0.15, -0.1) is 0 Å². The van der Waals surface area contributed by atoms with Crippen LogP contribution >= 0.6 is 0 Å². The van der Waals surface area contributed by atoms with Gasteiger partial charge in [-0.2, -0.15) is 0 Å². The zero-order chi connectivity index (χ0) is 22.2. The van der Waals surface area contributed by atoms with E-state index in [0.717, 1.165) is 0 Å². The zero-order valence-corrected chi connectivity index (χ0v) is 17.3. The van der Waals surface area contributed by atoms with Gasteiger partial charge in [-0.3, -0.25) is 4.79 Å². The molecular weight excluding hydrogens is 408 g/mol. The van der Waals surface area contributed by atoms with Gasteiger partial charge in [-0.1, -0.05) is 18.2 Å². The van der Waals surface area contributed by atoms with Crippen LogP contribution in [0.2, 0.25) is 0 Å². The summed E-state index contributed by atoms with van der Waals surface area (Å²) in [6.07, 6.45) is -1.07. The summed E-state index contributed by atoms with van der Waals surface area (Å²) in [6, 6.07) is 11.9. The van der Waals surface area contributed by atoms with Crippen molar-refractivity contribution in [3.63, 3.8) is 0 Å². The highest BCUT2D eigenvalue weighted by Crippen LogP contribution is 2.32. The largest absolute Gasteiger partial charge is 0.493 e. The zero-order valence-electron chi connectivity index (χ0n) is 17.3. The lowest BCUT2D eigenvalue weighted by Crippen LogP contribution is -2.11. The van der Waals surface area contributed by atoms with Gasteiger partial charge in [0.05, 0.1) is 25.8 Å². The van der Waals surface area contributed by atoms with Gasteiger partial charge in [0.15, 0.2) is 11.5 Å². The van der Waals surface area contributed by atoms with Gasteiger partial charge in [0.1, 0.15) is 24.4 Å². The summed E-state index contributed by atoms with van der Waals surface area (Å²) in [5, 5.41) is 0. The molecule has 0 spiro atoms. The number of oxazole rings is 1. The van der Waals surface area contributed by atoms with Crippen LogP contribution in [-0.2, 0) is 17.6 Å². The van der Waals surface area contributed by atoms with Crippen molar-refractivity contribution in [2.45, 2.75) is 26.2 Å². The van der Waals surface area contributed by atoms with Crippen LogP contribution in [0, 0.1) is 0 Å². The maximum absolute atomic E-state index is 12.5. The number of benzene rings is 2. The van der Waals surface area contributed by atoms with Crippen LogP contribution in [0.5, 0.6) is 17.2 Å². The van der Waals surface area contributed by atoms with Crippen molar-refractivity contribution in [2.24, 2.45) is 0 Å². The van der Waals surface area contributed by atoms with Gasteiger partial charge < -0.3 is 18.6 Å². The van der Waals surface area contributed by atoms with E-state index in [1.807, 2.05) is 6.92 Å². The number of carbonyl (C=O) groups excluding carboxylic acids is 1. The summed E-state index contributed by atoms with van der Waals surface area (Å²) < 4.78 is 46.3. The Morgan fingerprint density at radius 1 is 1.06 bits per heavy atom. The molecule has 0 radical (unpaired) electrons. The monoisotopic (exact) mass is 431 g/mol. The molecule has 0 saturated carbocycles. The molecule has 0 atom stereocenters. The van der Waals surface area contributed by atoms with Crippen molar-refractivity contribution in [3.05, 3.63) is 60.0 Å². The molecule has 3 rings (SSSR count). The predicted octanol–water partition coefficient (Wildman–Crippen LogP) is 4.75. The molecule has 31 heavy (non-hydrogen) atoms. The molecule has 2 aromatic carbocycles. The van der Waals surface area contributed by atoms with Crippen molar-refractivity contribution >= 4 is 5.78 Å². The highest BCUT2D eigenvalue weighted by molar-refractivity contribution is 5.83. The third kappa shape index (κ3) is 6.04. The molecule has 0 aliphatic carbocycles. The number of nitrogens with zero attached hydrogens (tertiary/aromatic N) is 1. The number of Topliss-reactive ketones (excluding diaryl/α,β-unsaturated/α-hetero) is 1. The Morgan fingerprint density at radius 3 is 2.61 bits per heavy atom. The van der Waals surface area contributed by atoms with E-state index >= 15 is 0 Å². The number of alkyl halides is 2. The Bertz CT molecular complexity index is 1020. The summed E-state index contributed by atoms with van der Waals surface area (Å²) in [5.41, 5.74) is 1.71. The summed E-state index contributed by atoms with van der Waals surface area (Å²) in [6.45, 7) is 1.63. The van der Waals surface area contributed by atoms with E-state index in [0.29, 0.717) is 40.8 Å². The second-order valence-electron chi connectivity index (χ2n) is 6.64. The summed E-state index contributed by atoms with van der Waals surface area (Å²) in [7, 11) is 1.56. The third-order valence-corrected chi connectivity index (χ3v) is 4.37. The van der Waals surface area contributed by atoms with E-state index < -0.39 is 13.0 Å². The first-order chi connectivity index (χ1) is 15.0. The van der Waals surface area contributed by atoms with Crippen LogP contribution in [0.4, 0.5) is 8.78 Å². The molecular formula is C23H23F2NO5. The minimum atomic E-state index is -2.58. The van der Waals surface area contributed by atoms with Crippen LogP contribution in [0.3, 0.4) is 0 Å². The number of ether oxygens (including phenoxy) is 3. The molecule has 164 valence electrons. The number of methoxy groups -OCH3 is 1. The van der Waals surface area contributed by atoms with E-state index in [1.165, 1.54) is 6.26 Å². The number of hydrogen-bond donors (Lipinski definition) is 0. The minimum Gasteiger partial charge on any atom is -0.493 e. The van der Waals surface area contributed by atoms with Gasteiger partial charge in [-0.25, -0.2) is 13.8 Å². The summed E-state index contributed by atoms with van der Waals surface area (Å²) in [4.78, 5) is 16.9. The van der Waals surface area contributed by atoms with Gasteiger partial charge in [-0.05, 0) is 31.2 Å². The average molecular weight is 431 g/mol. The molecule has 1 heterocycles. The van der Waals surface area contributed by atoms with Crippen molar-refractivity contribution in [2.75, 3.05) is 20.3 Å². The molecule has 0 amide bonds. The summed E-state index contributed by atoms with van der Waals surface area (Å²) >= 11 is 0. The number of carbonyl (C=O) groups is 1. The Kier molecular flexibility index (Phi) is 7.59. The fraction of sp³-hybridized carbons (Fsp3) is 0.304. The lowest BCUT2D eigenvalue weighted by atomic mass is 10.1. The van der Waals surface area contributed by atoms with Crippen molar-refractivity contribution in [1.29, 1.82) is 0 Å². The second-order valence-corrected chi connectivity index (χ2v) is 6.64. The smallest absolute Gasteiger partial charge is 0.272 e. The first-order valence-corrected chi connectivity index (χ1v) is 9.76. The number of halogens is 2. The first-order valence-electron chi connectivity index (χ1n) is 9.76. The van der Waals surface area contributed by atoms with E-state index in [4.69, 9.17) is 18.6 Å². The molecule has 0 bridgehead atoms. The third-order valence-electron chi connectivity index (χ3n) is 4.37. The van der Waals surface area contributed by atoms with Crippen LogP contribution in [0.1, 0.15) is 18.2 Å². The quantitative estimate of drug-likeness (QED) is 0.437. The fourth-order valence-electron chi connectivity index (χ4n) is 3.02. The SMILES string of the molecule is CCOc1cc(-c2nc(CC(=O)Cc3ccccc3OCC(F)F)co2)ccc1OC. The average Bonchev–Trinajstić information content (AvgIpc) is 3.21. The van der Waals surface area contributed by atoms with Crippen molar-refractivity contribution < 1.29 is 32.2 Å². The van der Waals surface area contributed by atoms with Gasteiger partial charge >= 0.3 is 0 Å². The summed E-state index contributed by atoms with van der Waals surface area (Å²) in [5.74, 6) is 1.66. The fourth-order valence-corrected chi connectivity index (χ4v) is 3.02. The van der Waals surface area contributed by atoms with Crippen molar-refractivity contribution in [3.8, 4) is 28.7 Å². The molecule has 6 nitrogen and oxygen atoms in total. The standard InChI is InChI=1S/C23H23F2NO5/c1-3-29-21-11-16(8-9-20(21)28-2)23-26-17(13-31-23)12-18(27)10-15-6-4-5-7-19(15)30-14-22(24)25/h4-9,11,13,22H,3,10,12,14H2,1-2H3. The first kappa shape index (κ1) is 22.3. The highest BCUT2D eigenvalue weighted by Gasteiger charge is 2.15. The molecule has 0 unspecified atom stereocenters. The Hall–Kier alpha value is -3.42. The van der Waals surface area contributed by atoms with Crippen LogP contribution in [0.25, 0.3) is 11.5 Å². The van der Waals surface area contributed by atoms with Gasteiger partial charge in [0, 0.05) is 17.5 Å². The van der Waals surface area contributed by atoms with E-state index in [1.54, 1.807) is 49.6 Å². The Labute approximate surface area is 178 Å². The number of para-hydroxylation sites is 1. The van der Waals surface area contributed by atoms with Crippen LogP contribution < -0.4 is 14.2 Å². The number of rotatable bonds is 11. The van der Waals surface area contributed by atoms with Gasteiger partial charge in [0.2, 0.25) is 5.89 Å². The maximum Gasteiger partial charge on any atom is 0.272 e. The molecule has 8 heteroatoms. The lowest BCUT2D eigenvalue weighted by Gasteiger charge is -2.10. The van der Waals surface area contributed by atoms with Gasteiger partial charge in [0.25, 0.3) is 6.43 Å². The lowest BCUT2D eigenvalue weighted by molar-refractivity contribution is -0.117. The number of hydrogen-bond acceptors (Lipinski definition) is 6. The number of aromatic nitrogens is 1. The van der Waals surface area contributed by atoms with E-state index in [2.05, 4.69) is 4.98 Å². The van der Waals surface area contributed by atoms with E-state index in [9.17, 15) is 13.6 Å². The Morgan fingerprint density at radius 2 is 1.87 bits per heavy atom. The normalized spacial score (nSPS) is 10.9. The van der Waals surface area contributed by atoms with Crippen molar-refractivity contribution in [1.82, 2.24) is 4.98 Å². The van der Waals surface area contributed by atoms with Crippen LogP contribution in [0.15, 0.2) is 53.1 Å². The predicted molar refractivity (Wildman–Crippen MR) is 110 cm³/mol. The molecule has 0 fully saturated rings. The molecule has 3 aromatic rings. The molecule has 1 aromatic heterocycles. The minimum absolute atomic E-state index is 0.0403. The molecule has 0 aliphatic heterocycles. The Balaban J connectivity index is 1.68. The molecule has 0 aliphatic rings. The highest BCUT2D eigenvalue weighted by atomic mass is 19.3. The van der Waals surface area contributed by atoms with Crippen LogP contribution in [-0.4, -0.2) is 37.5 Å². The molecule has 0 N–H and O–H groups in total. The second kappa shape index (κ2) is 10.6. The maximum atomic E-state index is 12.5. The van der Waals surface area contributed by atoms with E-state index in [-0.39, 0.29) is 24.4 Å². The number of ketones is 1. The molecule has 0 saturated heterocycles.